The summed E-state index contributed by atoms with van der Waals surface area (Å²) in [6.45, 7) is 0.396. The molecular formula is C22H18BrN3O4. The third-order valence-electron chi connectivity index (χ3n) is 4.14. The van der Waals surface area contributed by atoms with Crippen LogP contribution in [-0.4, -0.2) is 17.0 Å². The predicted octanol–water partition coefficient (Wildman–Crippen LogP) is 4.63. The highest BCUT2D eigenvalue weighted by Crippen LogP contribution is 2.23. The number of amides is 1. The van der Waals surface area contributed by atoms with Crippen LogP contribution in [0.5, 0.6) is 5.75 Å². The lowest BCUT2D eigenvalue weighted by Crippen LogP contribution is -2.20. The molecule has 3 rings (SSSR count). The lowest BCUT2D eigenvalue weighted by atomic mass is 10.1. The van der Waals surface area contributed by atoms with Gasteiger partial charge in [-0.25, -0.2) is 5.43 Å². The number of carbonyl (C=O) groups excluding carboxylic acids is 1. The van der Waals surface area contributed by atoms with Crippen LogP contribution in [0.4, 0.5) is 5.69 Å². The van der Waals surface area contributed by atoms with Gasteiger partial charge in [0.2, 0.25) is 5.91 Å². The van der Waals surface area contributed by atoms with Gasteiger partial charge < -0.3 is 4.74 Å². The fourth-order valence-electron chi connectivity index (χ4n) is 2.71. The SMILES string of the molecule is O=C(Cc1ccccc1[N+](=O)[O-])NN=Cc1cc(Br)ccc1OCc1ccccc1. The Bertz CT molecular complexity index is 1070. The molecule has 152 valence electrons. The monoisotopic (exact) mass is 467 g/mol. The molecule has 0 aliphatic heterocycles. The van der Waals surface area contributed by atoms with Crippen molar-refractivity contribution in [1.29, 1.82) is 0 Å². The van der Waals surface area contributed by atoms with Crippen molar-refractivity contribution < 1.29 is 14.5 Å². The molecule has 3 aromatic rings. The molecular weight excluding hydrogens is 450 g/mol. The number of hydrogen-bond acceptors (Lipinski definition) is 5. The van der Waals surface area contributed by atoms with Gasteiger partial charge in [0.05, 0.1) is 17.6 Å². The summed E-state index contributed by atoms with van der Waals surface area (Å²) in [5, 5.41) is 15.0. The molecule has 0 aromatic heterocycles. The van der Waals surface area contributed by atoms with E-state index in [1.807, 2.05) is 48.5 Å². The number of ether oxygens (including phenoxy) is 1. The first-order chi connectivity index (χ1) is 14.5. The number of rotatable bonds is 8. The van der Waals surface area contributed by atoms with Gasteiger partial charge in [-0.05, 0) is 23.8 Å². The van der Waals surface area contributed by atoms with Gasteiger partial charge in [-0.2, -0.15) is 5.10 Å². The molecule has 0 saturated carbocycles. The Morgan fingerprint density at radius 1 is 1.10 bits per heavy atom. The maximum Gasteiger partial charge on any atom is 0.273 e. The average molecular weight is 468 g/mol. The highest BCUT2D eigenvalue weighted by Gasteiger charge is 2.15. The number of hydrogen-bond donors (Lipinski definition) is 1. The Morgan fingerprint density at radius 2 is 1.83 bits per heavy atom. The minimum atomic E-state index is -0.510. The van der Waals surface area contributed by atoms with Crippen molar-refractivity contribution in [3.05, 3.63) is 104 Å². The van der Waals surface area contributed by atoms with Gasteiger partial charge in [0.25, 0.3) is 5.69 Å². The number of hydrazone groups is 1. The van der Waals surface area contributed by atoms with Crippen molar-refractivity contribution >= 4 is 33.7 Å². The summed E-state index contributed by atoms with van der Waals surface area (Å²) in [6.07, 6.45) is 1.33. The van der Waals surface area contributed by atoms with Crippen molar-refractivity contribution in [2.75, 3.05) is 0 Å². The van der Waals surface area contributed by atoms with E-state index < -0.39 is 10.8 Å². The zero-order chi connectivity index (χ0) is 21.3. The highest BCUT2D eigenvalue weighted by molar-refractivity contribution is 9.10. The molecule has 0 bridgehead atoms. The van der Waals surface area contributed by atoms with Gasteiger partial charge in [-0.15, -0.1) is 0 Å². The van der Waals surface area contributed by atoms with E-state index in [1.54, 1.807) is 18.2 Å². The lowest BCUT2D eigenvalue weighted by molar-refractivity contribution is -0.385. The summed E-state index contributed by atoms with van der Waals surface area (Å²) < 4.78 is 6.71. The van der Waals surface area contributed by atoms with Crippen LogP contribution in [0.15, 0.2) is 82.4 Å². The third-order valence-corrected chi connectivity index (χ3v) is 4.63. The van der Waals surface area contributed by atoms with E-state index in [1.165, 1.54) is 12.3 Å². The summed E-state index contributed by atoms with van der Waals surface area (Å²) in [5.41, 5.74) is 4.33. The second-order valence-electron chi connectivity index (χ2n) is 6.31. The van der Waals surface area contributed by atoms with E-state index in [0.29, 0.717) is 23.5 Å². The van der Waals surface area contributed by atoms with Crippen LogP contribution in [0.2, 0.25) is 0 Å². The Kier molecular flexibility index (Phi) is 7.29. The number of nitro benzene ring substituents is 1. The van der Waals surface area contributed by atoms with Crippen LogP contribution in [0.25, 0.3) is 0 Å². The van der Waals surface area contributed by atoms with Gasteiger partial charge in [-0.3, -0.25) is 14.9 Å². The molecule has 1 N–H and O–H groups in total. The van der Waals surface area contributed by atoms with Crippen LogP contribution in [0, 0.1) is 10.1 Å². The number of nitro groups is 1. The number of para-hydroxylation sites is 1. The second-order valence-corrected chi connectivity index (χ2v) is 7.23. The Hall–Kier alpha value is -3.52. The van der Waals surface area contributed by atoms with Gasteiger partial charge in [0, 0.05) is 21.7 Å². The Balaban J connectivity index is 1.65. The first kappa shape index (κ1) is 21.2. The second kappa shape index (κ2) is 10.3. The van der Waals surface area contributed by atoms with E-state index in [4.69, 9.17) is 4.74 Å². The normalized spacial score (nSPS) is 10.7. The first-order valence-electron chi connectivity index (χ1n) is 9.03. The summed E-state index contributed by atoms with van der Waals surface area (Å²) in [5.74, 6) is 0.154. The Labute approximate surface area is 181 Å². The molecule has 0 saturated heterocycles. The highest BCUT2D eigenvalue weighted by atomic mass is 79.9. The standard InChI is InChI=1S/C22H18BrN3O4/c23-19-10-11-21(30-15-16-6-2-1-3-7-16)18(12-19)14-24-25-22(27)13-17-8-4-5-9-20(17)26(28)29/h1-12,14H,13,15H2,(H,25,27). The molecule has 0 atom stereocenters. The number of nitrogens with one attached hydrogen (secondary N) is 1. The molecule has 30 heavy (non-hydrogen) atoms. The minimum Gasteiger partial charge on any atom is -0.488 e. The molecule has 0 unspecified atom stereocenters. The van der Waals surface area contributed by atoms with E-state index in [-0.39, 0.29) is 12.1 Å². The maximum absolute atomic E-state index is 12.2. The number of benzene rings is 3. The smallest absolute Gasteiger partial charge is 0.273 e. The van der Waals surface area contributed by atoms with E-state index >= 15 is 0 Å². The Morgan fingerprint density at radius 3 is 2.60 bits per heavy atom. The molecule has 0 heterocycles. The predicted molar refractivity (Wildman–Crippen MR) is 117 cm³/mol. The number of carbonyl (C=O) groups is 1. The van der Waals surface area contributed by atoms with Gasteiger partial charge >= 0.3 is 0 Å². The molecule has 3 aromatic carbocycles. The fraction of sp³-hybridized carbons (Fsp3) is 0.0909. The van der Waals surface area contributed by atoms with Crippen LogP contribution >= 0.6 is 15.9 Å². The zero-order valence-corrected chi connectivity index (χ0v) is 17.4. The number of halogens is 1. The van der Waals surface area contributed by atoms with Gasteiger partial charge in [-0.1, -0.05) is 64.5 Å². The molecule has 0 aliphatic rings. The van der Waals surface area contributed by atoms with Crippen molar-refractivity contribution in [3.8, 4) is 5.75 Å². The van der Waals surface area contributed by atoms with Crippen LogP contribution in [-0.2, 0) is 17.8 Å². The van der Waals surface area contributed by atoms with Gasteiger partial charge in [0.1, 0.15) is 12.4 Å². The topological polar surface area (TPSA) is 93.8 Å². The molecule has 0 spiro atoms. The fourth-order valence-corrected chi connectivity index (χ4v) is 3.09. The van der Waals surface area contributed by atoms with Gasteiger partial charge in [0.15, 0.2) is 0 Å². The van der Waals surface area contributed by atoms with E-state index in [2.05, 4.69) is 26.5 Å². The quantitative estimate of drug-likeness (QED) is 0.296. The summed E-state index contributed by atoms with van der Waals surface area (Å²) >= 11 is 3.41. The van der Waals surface area contributed by atoms with Crippen molar-refractivity contribution in [3.63, 3.8) is 0 Å². The molecule has 8 heteroatoms. The van der Waals surface area contributed by atoms with E-state index in [0.717, 1.165) is 10.0 Å². The van der Waals surface area contributed by atoms with Crippen molar-refractivity contribution in [1.82, 2.24) is 5.43 Å². The minimum absolute atomic E-state index is 0.0970. The van der Waals surface area contributed by atoms with Crippen molar-refractivity contribution in [2.24, 2.45) is 5.10 Å². The van der Waals surface area contributed by atoms with Crippen LogP contribution in [0.1, 0.15) is 16.7 Å². The third kappa shape index (κ3) is 5.99. The average Bonchev–Trinajstić information content (AvgIpc) is 2.74. The molecule has 0 fully saturated rings. The van der Waals surface area contributed by atoms with E-state index in [9.17, 15) is 14.9 Å². The molecule has 0 radical (unpaired) electrons. The first-order valence-corrected chi connectivity index (χ1v) is 9.82. The summed E-state index contributed by atoms with van der Waals surface area (Å²) in [7, 11) is 0. The van der Waals surface area contributed by atoms with Crippen LogP contribution < -0.4 is 10.2 Å². The molecule has 7 nitrogen and oxygen atoms in total. The lowest BCUT2D eigenvalue weighted by Gasteiger charge is -2.09. The van der Waals surface area contributed by atoms with Crippen molar-refractivity contribution in [2.45, 2.75) is 13.0 Å². The zero-order valence-electron chi connectivity index (χ0n) is 15.8. The summed E-state index contributed by atoms with van der Waals surface area (Å²) in [6, 6.07) is 21.4. The largest absolute Gasteiger partial charge is 0.488 e. The maximum atomic E-state index is 12.2. The summed E-state index contributed by atoms with van der Waals surface area (Å²) in [4.78, 5) is 22.7. The number of nitrogens with zero attached hydrogens (tertiary/aromatic N) is 2. The van der Waals surface area contributed by atoms with Crippen LogP contribution in [0.3, 0.4) is 0 Å². The molecule has 1 amide bonds. The molecule has 0 aliphatic carbocycles.